The van der Waals surface area contributed by atoms with Crippen LogP contribution in [0.4, 0.5) is 11.5 Å². The second-order valence-corrected chi connectivity index (χ2v) is 4.30. The van der Waals surface area contributed by atoms with E-state index in [0.717, 1.165) is 5.69 Å². The summed E-state index contributed by atoms with van der Waals surface area (Å²) in [6, 6.07) is 12.2. The minimum absolute atomic E-state index is 0.281. The maximum absolute atomic E-state index is 12.0. The number of amides is 1. The molecule has 1 amide bonds. The van der Waals surface area contributed by atoms with Crippen molar-refractivity contribution in [2.24, 2.45) is 0 Å². The van der Waals surface area contributed by atoms with Crippen LogP contribution in [0.25, 0.3) is 5.69 Å². The van der Waals surface area contributed by atoms with E-state index in [1.54, 1.807) is 41.2 Å². The number of nitrogen functional groups attached to an aromatic ring is 1. The van der Waals surface area contributed by atoms with Gasteiger partial charge in [0.05, 0.1) is 5.69 Å². The summed E-state index contributed by atoms with van der Waals surface area (Å²) in [5, 5.41) is 14.3. The highest BCUT2D eigenvalue weighted by atomic mass is 16.2. The van der Waals surface area contributed by atoms with Crippen LogP contribution in [0, 0.1) is 0 Å². The molecule has 3 aromatic rings. The molecular formula is C14H12N6O. The predicted molar refractivity (Wildman–Crippen MR) is 78.0 cm³/mol. The second-order valence-electron chi connectivity index (χ2n) is 4.30. The van der Waals surface area contributed by atoms with Crippen molar-refractivity contribution >= 4 is 17.4 Å². The van der Waals surface area contributed by atoms with Gasteiger partial charge in [-0.2, -0.15) is 10.2 Å². The standard InChI is InChI=1S/C14H12N6O/c15-10-3-1-4-11(9-10)20-8-6-12(19-20)14(21)17-13-5-2-7-16-18-13/h1-9H,15H2,(H,17,18,21). The Morgan fingerprint density at radius 2 is 2.10 bits per heavy atom. The Balaban J connectivity index is 1.80. The zero-order valence-electron chi connectivity index (χ0n) is 11.0. The van der Waals surface area contributed by atoms with E-state index in [2.05, 4.69) is 20.6 Å². The van der Waals surface area contributed by atoms with Crippen LogP contribution in [0.1, 0.15) is 10.5 Å². The topological polar surface area (TPSA) is 98.7 Å². The Hall–Kier alpha value is -3.22. The largest absolute Gasteiger partial charge is 0.399 e. The fourth-order valence-electron chi connectivity index (χ4n) is 1.80. The van der Waals surface area contributed by atoms with E-state index in [1.807, 2.05) is 12.1 Å². The molecule has 0 atom stereocenters. The summed E-state index contributed by atoms with van der Waals surface area (Å²) in [6.07, 6.45) is 3.23. The van der Waals surface area contributed by atoms with E-state index in [1.165, 1.54) is 6.20 Å². The average molecular weight is 280 g/mol. The molecule has 0 aliphatic carbocycles. The third-order valence-corrected chi connectivity index (χ3v) is 2.77. The SMILES string of the molecule is Nc1cccc(-n2ccc(C(=O)Nc3cccnn3)n2)c1. The van der Waals surface area contributed by atoms with E-state index < -0.39 is 0 Å². The summed E-state index contributed by atoms with van der Waals surface area (Å²) in [5.74, 6) is 0.0270. The minimum Gasteiger partial charge on any atom is -0.399 e. The van der Waals surface area contributed by atoms with Crippen molar-refractivity contribution in [2.45, 2.75) is 0 Å². The monoisotopic (exact) mass is 280 g/mol. The molecule has 1 aromatic carbocycles. The van der Waals surface area contributed by atoms with Crippen molar-refractivity contribution in [1.82, 2.24) is 20.0 Å². The zero-order valence-corrected chi connectivity index (χ0v) is 11.0. The number of hydrogen-bond acceptors (Lipinski definition) is 5. The van der Waals surface area contributed by atoms with Crippen molar-refractivity contribution in [3.8, 4) is 5.69 Å². The molecule has 3 rings (SSSR count). The summed E-state index contributed by atoms with van der Waals surface area (Å²) in [5.41, 5.74) is 7.43. The van der Waals surface area contributed by atoms with Crippen molar-refractivity contribution in [3.63, 3.8) is 0 Å². The van der Waals surface area contributed by atoms with E-state index in [0.29, 0.717) is 11.5 Å². The Kier molecular flexibility index (Phi) is 3.30. The Labute approximate surface area is 120 Å². The van der Waals surface area contributed by atoms with E-state index >= 15 is 0 Å². The van der Waals surface area contributed by atoms with Crippen molar-refractivity contribution in [2.75, 3.05) is 11.1 Å². The van der Waals surface area contributed by atoms with Gasteiger partial charge in [-0.3, -0.25) is 4.79 Å². The van der Waals surface area contributed by atoms with Gasteiger partial charge in [-0.15, -0.1) is 5.10 Å². The first-order valence-electron chi connectivity index (χ1n) is 6.23. The molecule has 0 saturated carbocycles. The minimum atomic E-state index is -0.349. The molecule has 0 bridgehead atoms. The predicted octanol–water partition coefficient (Wildman–Crippen LogP) is 1.50. The summed E-state index contributed by atoms with van der Waals surface area (Å²) < 4.78 is 1.59. The number of carbonyl (C=O) groups is 1. The Morgan fingerprint density at radius 1 is 1.19 bits per heavy atom. The van der Waals surface area contributed by atoms with Gasteiger partial charge in [0, 0.05) is 18.1 Å². The lowest BCUT2D eigenvalue weighted by Crippen LogP contribution is -2.14. The summed E-state index contributed by atoms with van der Waals surface area (Å²) in [7, 11) is 0. The van der Waals surface area contributed by atoms with Gasteiger partial charge in [0.1, 0.15) is 0 Å². The number of nitrogens with zero attached hydrogens (tertiary/aromatic N) is 4. The lowest BCUT2D eigenvalue weighted by Gasteiger charge is -2.02. The molecule has 2 heterocycles. The third kappa shape index (κ3) is 2.86. The number of rotatable bonds is 3. The molecule has 7 nitrogen and oxygen atoms in total. The summed E-state index contributed by atoms with van der Waals surface area (Å²) in [4.78, 5) is 12.0. The number of nitrogens with one attached hydrogen (secondary N) is 1. The molecule has 0 spiro atoms. The van der Waals surface area contributed by atoms with E-state index in [9.17, 15) is 4.79 Å². The van der Waals surface area contributed by atoms with Crippen LogP contribution in [0.2, 0.25) is 0 Å². The Morgan fingerprint density at radius 3 is 2.86 bits per heavy atom. The normalized spacial score (nSPS) is 10.3. The fourth-order valence-corrected chi connectivity index (χ4v) is 1.80. The van der Waals surface area contributed by atoms with Gasteiger partial charge in [-0.05, 0) is 36.4 Å². The van der Waals surface area contributed by atoms with Gasteiger partial charge in [-0.25, -0.2) is 4.68 Å². The highest BCUT2D eigenvalue weighted by Crippen LogP contribution is 2.12. The number of benzene rings is 1. The molecule has 0 unspecified atom stereocenters. The van der Waals surface area contributed by atoms with Crippen LogP contribution in [0.15, 0.2) is 54.9 Å². The number of carbonyl (C=O) groups excluding carboxylic acids is 1. The highest BCUT2D eigenvalue weighted by Gasteiger charge is 2.11. The number of hydrogen-bond donors (Lipinski definition) is 2. The average Bonchev–Trinajstić information content (AvgIpc) is 2.98. The first kappa shape index (κ1) is 12.8. The van der Waals surface area contributed by atoms with Crippen LogP contribution in [0.5, 0.6) is 0 Å². The first-order valence-corrected chi connectivity index (χ1v) is 6.23. The lowest BCUT2D eigenvalue weighted by molar-refractivity contribution is 0.102. The van der Waals surface area contributed by atoms with Crippen molar-refractivity contribution in [3.05, 3.63) is 60.6 Å². The molecule has 21 heavy (non-hydrogen) atoms. The summed E-state index contributed by atoms with van der Waals surface area (Å²) >= 11 is 0. The quantitative estimate of drug-likeness (QED) is 0.708. The molecular weight excluding hydrogens is 268 g/mol. The van der Waals surface area contributed by atoms with Gasteiger partial charge >= 0.3 is 0 Å². The second kappa shape index (κ2) is 5.41. The van der Waals surface area contributed by atoms with Crippen LogP contribution >= 0.6 is 0 Å². The molecule has 3 N–H and O–H groups in total. The van der Waals surface area contributed by atoms with Gasteiger partial charge in [0.15, 0.2) is 11.5 Å². The van der Waals surface area contributed by atoms with Crippen LogP contribution in [-0.2, 0) is 0 Å². The smallest absolute Gasteiger partial charge is 0.277 e. The van der Waals surface area contributed by atoms with Crippen molar-refractivity contribution in [1.29, 1.82) is 0 Å². The molecule has 0 radical (unpaired) electrons. The lowest BCUT2D eigenvalue weighted by atomic mass is 10.3. The maximum atomic E-state index is 12.0. The number of anilines is 2. The zero-order chi connectivity index (χ0) is 14.7. The molecule has 104 valence electrons. The third-order valence-electron chi connectivity index (χ3n) is 2.77. The number of nitrogens with two attached hydrogens (primary N) is 1. The molecule has 2 aromatic heterocycles. The molecule has 0 fully saturated rings. The molecule has 0 saturated heterocycles. The Bertz CT molecular complexity index is 768. The molecule has 7 heteroatoms. The first-order chi connectivity index (χ1) is 10.2. The summed E-state index contributed by atoms with van der Waals surface area (Å²) in [6.45, 7) is 0. The van der Waals surface area contributed by atoms with Gasteiger partial charge in [-0.1, -0.05) is 6.07 Å². The van der Waals surface area contributed by atoms with Crippen LogP contribution in [-0.4, -0.2) is 25.9 Å². The van der Waals surface area contributed by atoms with Crippen LogP contribution in [0.3, 0.4) is 0 Å². The number of aromatic nitrogens is 4. The fraction of sp³-hybridized carbons (Fsp3) is 0. The maximum Gasteiger partial charge on any atom is 0.277 e. The van der Waals surface area contributed by atoms with Gasteiger partial charge in [0.2, 0.25) is 0 Å². The van der Waals surface area contributed by atoms with Gasteiger partial charge < -0.3 is 11.1 Å². The highest BCUT2D eigenvalue weighted by molar-refractivity contribution is 6.02. The van der Waals surface area contributed by atoms with E-state index in [-0.39, 0.29) is 11.6 Å². The molecule has 0 aliphatic rings. The van der Waals surface area contributed by atoms with Crippen molar-refractivity contribution < 1.29 is 4.79 Å². The van der Waals surface area contributed by atoms with Gasteiger partial charge in [0.25, 0.3) is 5.91 Å². The van der Waals surface area contributed by atoms with Crippen LogP contribution < -0.4 is 11.1 Å². The van der Waals surface area contributed by atoms with E-state index in [4.69, 9.17) is 5.73 Å². The molecule has 0 aliphatic heterocycles.